The van der Waals surface area contributed by atoms with Gasteiger partial charge in [-0.05, 0) is 50.5 Å². The highest BCUT2D eigenvalue weighted by molar-refractivity contribution is 8.01. The van der Waals surface area contributed by atoms with Gasteiger partial charge in [0.15, 0.2) is 0 Å². The number of aryl methyl sites for hydroxylation is 1. The molecule has 29 heavy (non-hydrogen) atoms. The number of carbonyl (C=O) groups excluding carboxylic acids is 1. The van der Waals surface area contributed by atoms with Gasteiger partial charge < -0.3 is 0 Å². The van der Waals surface area contributed by atoms with E-state index in [-0.39, 0.29) is 4.90 Å². The minimum Gasteiger partial charge on any atom is -0.270 e. The normalized spacial score (nSPS) is 28.6. The van der Waals surface area contributed by atoms with Crippen LogP contribution in [0.4, 0.5) is 0 Å². The van der Waals surface area contributed by atoms with Gasteiger partial charge in [0, 0.05) is 10.3 Å². The van der Waals surface area contributed by atoms with Gasteiger partial charge >= 0.3 is 0 Å². The van der Waals surface area contributed by atoms with Gasteiger partial charge in [-0.15, -0.1) is 0 Å². The molecule has 2 atom stereocenters. The molecule has 0 bridgehead atoms. The molecule has 1 aliphatic carbocycles. The van der Waals surface area contributed by atoms with E-state index in [4.69, 9.17) is 23.2 Å². The number of benzene rings is 2. The van der Waals surface area contributed by atoms with Crippen molar-refractivity contribution in [3.63, 3.8) is 0 Å². The minimum absolute atomic E-state index is 0.0600. The van der Waals surface area contributed by atoms with Gasteiger partial charge in [-0.2, -0.15) is 0 Å². The Hall–Kier alpha value is -1.21. The standard InChI is InChI=1S/C21H21Cl2NO3S2/c1-15-9-11-17(12-10-15)29(26,27)24-18(25)21(22,23)19(2)13-6-14-20(19,24)28-16-7-4-3-5-8-16/h3-5,7-12H,6,13-14H2,1-2H3/t19-,20-/m0/s1. The second kappa shape index (κ2) is 6.91. The topological polar surface area (TPSA) is 54.5 Å². The summed E-state index contributed by atoms with van der Waals surface area (Å²) in [5, 5.41) is 0. The largest absolute Gasteiger partial charge is 0.274 e. The molecule has 4 nitrogen and oxygen atoms in total. The lowest BCUT2D eigenvalue weighted by Crippen LogP contribution is -2.50. The van der Waals surface area contributed by atoms with Crippen LogP contribution in [0.1, 0.15) is 31.7 Å². The number of alkyl halides is 2. The summed E-state index contributed by atoms with van der Waals surface area (Å²) in [6.45, 7) is 3.71. The van der Waals surface area contributed by atoms with Gasteiger partial charge in [-0.25, -0.2) is 12.7 Å². The van der Waals surface area contributed by atoms with Crippen molar-refractivity contribution in [3.8, 4) is 0 Å². The number of hydrogen-bond acceptors (Lipinski definition) is 4. The molecule has 0 N–H and O–H groups in total. The third-order valence-corrected chi connectivity index (χ3v) is 10.9. The predicted molar refractivity (Wildman–Crippen MR) is 117 cm³/mol. The van der Waals surface area contributed by atoms with Crippen molar-refractivity contribution in [3.05, 3.63) is 60.2 Å². The van der Waals surface area contributed by atoms with Crippen LogP contribution in [-0.4, -0.2) is 27.8 Å². The Morgan fingerprint density at radius 1 is 1.00 bits per heavy atom. The SMILES string of the molecule is Cc1ccc(S(=O)(=O)N2C(=O)C(Cl)(Cl)[C@@]3(C)CCC[C@@]23Sc2ccccc2)cc1. The first-order valence-electron chi connectivity index (χ1n) is 9.35. The number of carbonyl (C=O) groups is 1. The van der Waals surface area contributed by atoms with Crippen molar-refractivity contribution in [1.29, 1.82) is 0 Å². The van der Waals surface area contributed by atoms with Gasteiger partial charge in [0.1, 0.15) is 4.87 Å². The van der Waals surface area contributed by atoms with Crippen LogP contribution in [-0.2, 0) is 14.8 Å². The molecule has 8 heteroatoms. The lowest BCUT2D eigenvalue weighted by Gasteiger charge is -2.42. The number of thioether (sulfide) groups is 1. The van der Waals surface area contributed by atoms with Gasteiger partial charge in [-0.3, -0.25) is 4.79 Å². The molecular formula is C21H21Cl2NO3S2. The fourth-order valence-corrected chi connectivity index (χ4v) is 9.01. The van der Waals surface area contributed by atoms with Crippen molar-refractivity contribution >= 4 is 50.9 Å². The van der Waals surface area contributed by atoms with Crippen LogP contribution in [0.5, 0.6) is 0 Å². The number of halogens is 2. The smallest absolute Gasteiger partial charge is 0.270 e. The molecule has 1 aliphatic heterocycles. The average Bonchev–Trinajstić information content (AvgIpc) is 3.05. The summed E-state index contributed by atoms with van der Waals surface area (Å²) in [5.41, 5.74) is -0.00169. The summed E-state index contributed by atoms with van der Waals surface area (Å²) in [6, 6.07) is 15.9. The Labute approximate surface area is 185 Å². The zero-order valence-corrected chi connectivity index (χ0v) is 19.2. The molecule has 154 valence electrons. The molecule has 2 aromatic rings. The molecule has 4 rings (SSSR count). The van der Waals surface area contributed by atoms with Gasteiger partial charge in [0.25, 0.3) is 15.9 Å². The minimum atomic E-state index is -4.15. The Morgan fingerprint density at radius 3 is 2.24 bits per heavy atom. The Bertz CT molecular complexity index is 1060. The Balaban J connectivity index is 1.93. The first kappa shape index (κ1) is 21.0. The van der Waals surface area contributed by atoms with Crippen LogP contribution in [0, 0.1) is 12.3 Å². The first-order chi connectivity index (χ1) is 13.6. The maximum atomic E-state index is 13.7. The third-order valence-electron chi connectivity index (χ3n) is 6.12. The van der Waals surface area contributed by atoms with E-state index < -0.39 is 30.5 Å². The monoisotopic (exact) mass is 469 g/mol. The molecule has 0 unspecified atom stereocenters. The highest BCUT2D eigenvalue weighted by atomic mass is 35.5. The van der Waals surface area contributed by atoms with Crippen LogP contribution in [0.2, 0.25) is 0 Å². The molecule has 0 spiro atoms. The van der Waals surface area contributed by atoms with Crippen molar-refractivity contribution < 1.29 is 13.2 Å². The van der Waals surface area contributed by atoms with Crippen LogP contribution in [0.3, 0.4) is 0 Å². The molecular weight excluding hydrogens is 449 g/mol. The fraction of sp³-hybridized carbons (Fsp3) is 0.381. The van der Waals surface area contributed by atoms with Crippen molar-refractivity contribution in [2.75, 3.05) is 0 Å². The molecule has 0 radical (unpaired) electrons. The molecule has 1 heterocycles. The van der Waals surface area contributed by atoms with E-state index >= 15 is 0 Å². The number of amides is 1. The maximum Gasteiger partial charge on any atom is 0.274 e. The van der Waals surface area contributed by atoms with Crippen molar-refractivity contribution in [2.24, 2.45) is 5.41 Å². The molecule has 2 aliphatic rings. The molecule has 1 saturated heterocycles. The summed E-state index contributed by atoms with van der Waals surface area (Å²) in [7, 11) is -4.15. The quantitative estimate of drug-likeness (QED) is 0.564. The fourth-order valence-electron chi connectivity index (χ4n) is 4.42. The predicted octanol–water partition coefficient (Wildman–Crippen LogP) is 5.38. The number of rotatable bonds is 4. The number of hydrogen-bond donors (Lipinski definition) is 0. The van der Waals surface area contributed by atoms with Crippen LogP contribution in [0.25, 0.3) is 0 Å². The zero-order valence-electron chi connectivity index (χ0n) is 16.1. The summed E-state index contributed by atoms with van der Waals surface area (Å²) < 4.78 is 26.5. The van der Waals surface area contributed by atoms with E-state index in [1.807, 2.05) is 44.2 Å². The lowest BCUT2D eigenvalue weighted by molar-refractivity contribution is -0.125. The van der Waals surface area contributed by atoms with E-state index in [2.05, 4.69) is 0 Å². The summed E-state index contributed by atoms with van der Waals surface area (Å²) in [5.74, 6) is -0.771. The molecule has 1 saturated carbocycles. The lowest BCUT2D eigenvalue weighted by atomic mass is 9.83. The maximum absolute atomic E-state index is 13.7. The number of sulfonamides is 1. The van der Waals surface area contributed by atoms with E-state index in [1.165, 1.54) is 23.9 Å². The van der Waals surface area contributed by atoms with Crippen LogP contribution in [0.15, 0.2) is 64.4 Å². The van der Waals surface area contributed by atoms with Crippen LogP contribution < -0.4 is 0 Å². The Kier molecular flexibility index (Phi) is 5.01. The first-order valence-corrected chi connectivity index (χ1v) is 12.4. The van der Waals surface area contributed by atoms with Gasteiger partial charge in [-0.1, -0.05) is 77.8 Å². The molecule has 1 amide bonds. The van der Waals surface area contributed by atoms with Crippen molar-refractivity contribution in [2.45, 2.75) is 52.1 Å². The van der Waals surface area contributed by atoms with E-state index in [9.17, 15) is 13.2 Å². The van der Waals surface area contributed by atoms with E-state index in [0.29, 0.717) is 12.8 Å². The molecule has 2 fully saturated rings. The third kappa shape index (κ3) is 2.87. The number of nitrogens with zero attached hydrogens (tertiary/aromatic N) is 1. The van der Waals surface area contributed by atoms with Crippen LogP contribution >= 0.6 is 35.0 Å². The molecule has 2 aromatic carbocycles. The highest BCUT2D eigenvalue weighted by Gasteiger charge is 2.77. The summed E-state index contributed by atoms with van der Waals surface area (Å²) in [4.78, 5) is 13.2. The Morgan fingerprint density at radius 2 is 1.62 bits per heavy atom. The second-order valence-corrected chi connectivity index (χ2v) is 12.3. The second-order valence-electron chi connectivity index (χ2n) is 7.85. The zero-order chi connectivity index (χ0) is 21.1. The summed E-state index contributed by atoms with van der Waals surface area (Å²) in [6.07, 6.45) is 1.78. The highest BCUT2D eigenvalue weighted by Crippen LogP contribution is 2.70. The summed E-state index contributed by atoms with van der Waals surface area (Å²) >= 11 is 14.6. The van der Waals surface area contributed by atoms with E-state index in [0.717, 1.165) is 21.2 Å². The molecule has 0 aromatic heterocycles. The van der Waals surface area contributed by atoms with E-state index in [1.54, 1.807) is 12.1 Å². The van der Waals surface area contributed by atoms with Gasteiger partial charge in [0.2, 0.25) is 4.33 Å². The average molecular weight is 470 g/mol. The van der Waals surface area contributed by atoms with Crippen molar-refractivity contribution in [1.82, 2.24) is 4.31 Å². The number of fused-ring (bicyclic) bond motifs is 1. The van der Waals surface area contributed by atoms with Gasteiger partial charge in [0.05, 0.1) is 4.90 Å².